The summed E-state index contributed by atoms with van der Waals surface area (Å²) in [6, 6.07) is 5.90. The number of pyridine rings is 1. The lowest BCUT2D eigenvalue weighted by molar-refractivity contribution is -0.274. The van der Waals surface area contributed by atoms with Crippen LogP contribution in [-0.2, 0) is 5.88 Å². The summed E-state index contributed by atoms with van der Waals surface area (Å²) in [7, 11) is 0. The molecule has 0 radical (unpaired) electrons. The van der Waals surface area contributed by atoms with E-state index >= 15 is 0 Å². The van der Waals surface area contributed by atoms with Gasteiger partial charge in [-0.3, -0.25) is 0 Å². The zero-order valence-corrected chi connectivity index (χ0v) is 11.1. The van der Waals surface area contributed by atoms with E-state index in [1.54, 1.807) is 0 Å². The van der Waals surface area contributed by atoms with Crippen LogP contribution in [-0.4, -0.2) is 11.3 Å². The van der Waals surface area contributed by atoms with Crippen LogP contribution in [0.15, 0.2) is 36.5 Å². The fourth-order valence-electron chi connectivity index (χ4n) is 1.46. The van der Waals surface area contributed by atoms with Crippen LogP contribution in [0.3, 0.4) is 0 Å². The van der Waals surface area contributed by atoms with E-state index in [9.17, 15) is 17.6 Å². The van der Waals surface area contributed by atoms with Gasteiger partial charge in [0, 0.05) is 11.8 Å². The monoisotopic (exact) mass is 321 g/mol. The van der Waals surface area contributed by atoms with Gasteiger partial charge in [-0.15, -0.1) is 24.8 Å². The van der Waals surface area contributed by atoms with Gasteiger partial charge >= 0.3 is 6.36 Å². The molecule has 0 saturated carbocycles. The quantitative estimate of drug-likeness (QED) is 0.606. The second kappa shape index (κ2) is 6.17. The summed E-state index contributed by atoms with van der Waals surface area (Å²) < 4.78 is 58.7. The highest BCUT2D eigenvalue weighted by Gasteiger charge is 2.31. The van der Waals surface area contributed by atoms with Crippen molar-refractivity contribution in [1.29, 1.82) is 0 Å². The highest BCUT2D eigenvalue weighted by atomic mass is 35.5. The Labute approximate surface area is 122 Å². The minimum atomic E-state index is -4.77. The van der Waals surface area contributed by atoms with Crippen molar-refractivity contribution in [2.24, 2.45) is 0 Å². The molecule has 0 aliphatic rings. The zero-order chi connectivity index (χ0) is 15.5. The minimum absolute atomic E-state index is 0.0525. The Kier molecular flexibility index (Phi) is 4.52. The van der Waals surface area contributed by atoms with Gasteiger partial charge in [0.15, 0.2) is 5.82 Å². The van der Waals surface area contributed by atoms with E-state index in [0.717, 1.165) is 12.1 Å². The first kappa shape index (κ1) is 15.4. The number of aromatic nitrogens is 1. The SMILES string of the molecule is Fc1c(CCl)ccnc1Oc1ccc(OC(F)(F)F)cc1. The van der Waals surface area contributed by atoms with Gasteiger partial charge in [-0.25, -0.2) is 9.37 Å². The van der Waals surface area contributed by atoms with Gasteiger partial charge in [0.1, 0.15) is 11.5 Å². The van der Waals surface area contributed by atoms with E-state index in [2.05, 4.69) is 9.72 Å². The van der Waals surface area contributed by atoms with Gasteiger partial charge in [-0.2, -0.15) is 0 Å². The number of ether oxygens (including phenoxy) is 2. The molecule has 21 heavy (non-hydrogen) atoms. The Hall–Kier alpha value is -2.02. The van der Waals surface area contributed by atoms with Crippen LogP contribution in [0.25, 0.3) is 0 Å². The summed E-state index contributed by atoms with van der Waals surface area (Å²) in [6.07, 6.45) is -3.46. The summed E-state index contributed by atoms with van der Waals surface area (Å²) >= 11 is 5.54. The topological polar surface area (TPSA) is 31.4 Å². The maximum atomic E-state index is 13.8. The molecule has 1 aromatic heterocycles. The number of benzene rings is 1. The van der Waals surface area contributed by atoms with Crippen molar-refractivity contribution in [2.75, 3.05) is 0 Å². The molecule has 0 spiro atoms. The van der Waals surface area contributed by atoms with Crippen molar-refractivity contribution >= 4 is 11.6 Å². The summed E-state index contributed by atoms with van der Waals surface area (Å²) in [5, 5.41) is 0. The Balaban J connectivity index is 2.14. The van der Waals surface area contributed by atoms with Gasteiger partial charge in [-0.1, -0.05) is 0 Å². The first-order valence-electron chi connectivity index (χ1n) is 5.62. The van der Waals surface area contributed by atoms with E-state index in [4.69, 9.17) is 16.3 Å². The molecule has 0 amide bonds. The lowest BCUT2D eigenvalue weighted by atomic mass is 10.3. The van der Waals surface area contributed by atoms with Gasteiger partial charge < -0.3 is 9.47 Å². The number of halogens is 5. The fourth-order valence-corrected chi connectivity index (χ4v) is 1.66. The average molecular weight is 322 g/mol. The molecular formula is C13H8ClF4NO2. The molecule has 2 aromatic rings. The van der Waals surface area contributed by atoms with Crippen molar-refractivity contribution < 1.29 is 27.0 Å². The van der Waals surface area contributed by atoms with Crippen LogP contribution in [0.4, 0.5) is 17.6 Å². The number of hydrogen-bond donors (Lipinski definition) is 0. The second-order valence-corrected chi connectivity index (χ2v) is 4.11. The fraction of sp³-hybridized carbons (Fsp3) is 0.154. The molecule has 0 bridgehead atoms. The number of rotatable bonds is 4. The highest BCUT2D eigenvalue weighted by molar-refractivity contribution is 6.17. The average Bonchev–Trinajstić information content (AvgIpc) is 2.42. The normalized spacial score (nSPS) is 11.3. The third-order valence-corrected chi connectivity index (χ3v) is 2.64. The lowest BCUT2D eigenvalue weighted by Gasteiger charge is -2.10. The summed E-state index contributed by atoms with van der Waals surface area (Å²) in [6.45, 7) is 0. The van der Waals surface area contributed by atoms with Gasteiger partial charge in [0.2, 0.25) is 0 Å². The molecule has 0 unspecified atom stereocenters. The summed E-state index contributed by atoms with van der Waals surface area (Å²) in [5.74, 6) is -1.37. The molecule has 0 aliphatic carbocycles. The van der Waals surface area contributed by atoms with Crippen LogP contribution >= 0.6 is 11.6 Å². The van der Waals surface area contributed by atoms with Crippen LogP contribution in [0.1, 0.15) is 5.56 Å². The van der Waals surface area contributed by atoms with Crippen molar-refractivity contribution in [3.8, 4) is 17.4 Å². The Bertz CT molecular complexity index is 617. The highest BCUT2D eigenvalue weighted by Crippen LogP contribution is 2.28. The first-order chi connectivity index (χ1) is 9.89. The zero-order valence-electron chi connectivity index (χ0n) is 10.3. The van der Waals surface area contributed by atoms with Gasteiger partial charge in [0.05, 0.1) is 5.88 Å². The number of nitrogens with zero attached hydrogens (tertiary/aromatic N) is 1. The molecule has 2 rings (SSSR count). The molecule has 3 nitrogen and oxygen atoms in total. The third kappa shape index (κ3) is 4.22. The molecule has 1 heterocycles. The molecule has 0 fully saturated rings. The van der Waals surface area contributed by atoms with Crippen molar-refractivity contribution in [3.05, 3.63) is 47.9 Å². The maximum Gasteiger partial charge on any atom is 0.573 e. The molecular weight excluding hydrogens is 314 g/mol. The van der Waals surface area contributed by atoms with Crippen LogP contribution in [0.5, 0.6) is 17.4 Å². The second-order valence-electron chi connectivity index (χ2n) is 3.84. The smallest absolute Gasteiger partial charge is 0.436 e. The number of alkyl halides is 4. The van der Waals surface area contributed by atoms with Crippen LogP contribution in [0.2, 0.25) is 0 Å². The van der Waals surface area contributed by atoms with Crippen LogP contribution in [0, 0.1) is 5.82 Å². The van der Waals surface area contributed by atoms with E-state index in [-0.39, 0.29) is 23.1 Å². The molecule has 0 saturated heterocycles. The third-order valence-electron chi connectivity index (χ3n) is 2.35. The molecule has 0 atom stereocenters. The summed E-state index contributed by atoms with van der Waals surface area (Å²) in [5.41, 5.74) is 0.207. The molecule has 0 aliphatic heterocycles. The van der Waals surface area contributed by atoms with Crippen molar-refractivity contribution in [1.82, 2.24) is 4.98 Å². The molecule has 0 N–H and O–H groups in total. The Morgan fingerprint density at radius 1 is 1.05 bits per heavy atom. The predicted octanol–water partition coefficient (Wildman–Crippen LogP) is 4.65. The number of hydrogen-bond acceptors (Lipinski definition) is 3. The van der Waals surface area contributed by atoms with E-state index in [0.29, 0.717) is 0 Å². The predicted molar refractivity (Wildman–Crippen MR) is 67.0 cm³/mol. The van der Waals surface area contributed by atoms with Crippen molar-refractivity contribution in [3.63, 3.8) is 0 Å². The molecule has 8 heteroatoms. The summed E-state index contributed by atoms with van der Waals surface area (Å²) in [4.78, 5) is 3.70. The largest absolute Gasteiger partial charge is 0.573 e. The lowest BCUT2D eigenvalue weighted by Crippen LogP contribution is -2.16. The van der Waals surface area contributed by atoms with Crippen LogP contribution < -0.4 is 9.47 Å². The van der Waals surface area contributed by atoms with Crippen molar-refractivity contribution in [2.45, 2.75) is 12.2 Å². The van der Waals surface area contributed by atoms with Gasteiger partial charge in [0.25, 0.3) is 5.88 Å². The Morgan fingerprint density at radius 3 is 2.24 bits per heavy atom. The van der Waals surface area contributed by atoms with E-state index in [1.165, 1.54) is 24.4 Å². The Morgan fingerprint density at radius 2 is 1.67 bits per heavy atom. The van der Waals surface area contributed by atoms with E-state index in [1.807, 2.05) is 0 Å². The first-order valence-corrected chi connectivity index (χ1v) is 6.15. The maximum absolute atomic E-state index is 13.8. The van der Waals surface area contributed by atoms with E-state index < -0.39 is 17.9 Å². The van der Waals surface area contributed by atoms with Gasteiger partial charge in [-0.05, 0) is 30.3 Å². The minimum Gasteiger partial charge on any atom is -0.436 e. The molecule has 1 aromatic carbocycles. The standard InChI is InChI=1S/C13H8ClF4NO2/c14-7-8-5-6-19-12(11(8)15)20-9-1-3-10(4-2-9)21-13(16,17)18/h1-6H,7H2. The molecule has 112 valence electrons.